The van der Waals surface area contributed by atoms with Gasteiger partial charge in [-0.2, -0.15) is 13.2 Å². The molecule has 2 aromatic rings. The number of rotatable bonds is 5. The monoisotopic (exact) mass is 364 g/mol. The molecule has 136 valence electrons. The lowest BCUT2D eigenvalue weighted by molar-refractivity contribution is -0.355. The van der Waals surface area contributed by atoms with E-state index in [1.54, 1.807) is 48.8 Å². The molecule has 0 saturated heterocycles. The summed E-state index contributed by atoms with van der Waals surface area (Å²) >= 11 is 0. The molecule has 3 rings (SSSR count). The number of nitrogens with zero attached hydrogens (tertiary/aromatic N) is 2. The van der Waals surface area contributed by atoms with E-state index in [4.69, 9.17) is 0 Å². The molecule has 1 aliphatic rings. The van der Waals surface area contributed by atoms with Crippen molar-refractivity contribution >= 4 is 11.5 Å². The Hall–Kier alpha value is -2.74. The molecular weight excluding hydrogens is 349 g/mol. The van der Waals surface area contributed by atoms with Gasteiger partial charge in [0.25, 0.3) is 0 Å². The Morgan fingerprint density at radius 2 is 1.81 bits per heavy atom. The summed E-state index contributed by atoms with van der Waals surface area (Å²) in [7, 11) is 0. The Morgan fingerprint density at radius 3 is 2.38 bits per heavy atom. The Labute approximate surface area is 147 Å². The maximum absolute atomic E-state index is 12.7. The fourth-order valence-corrected chi connectivity index (χ4v) is 2.53. The van der Waals surface area contributed by atoms with Crippen molar-refractivity contribution in [2.45, 2.75) is 31.2 Å². The summed E-state index contributed by atoms with van der Waals surface area (Å²) in [5.41, 5.74) is 1.89. The van der Waals surface area contributed by atoms with E-state index in [1.807, 2.05) is 0 Å². The minimum absolute atomic E-state index is 0.0136. The Morgan fingerprint density at radius 1 is 1.15 bits per heavy atom. The summed E-state index contributed by atoms with van der Waals surface area (Å²) in [6, 6.07) is 9.90. The number of benzene rings is 1. The molecule has 1 aliphatic heterocycles. The molecular formula is C18H15F3N2O3. The maximum Gasteiger partial charge on any atom is 0.458 e. The lowest BCUT2D eigenvalue weighted by Crippen LogP contribution is -2.45. The van der Waals surface area contributed by atoms with Crippen molar-refractivity contribution in [1.29, 1.82) is 0 Å². The molecule has 1 N–H and O–H groups in total. The van der Waals surface area contributed by atoms with Crippen molar-refractivity contribution in [3.05, 3.63) is 65.5 Å². The number of alkyl halides is 3. The van der Waals surface area contributed by atoms with Crippen LogP contribution in [0.15, 0.2) is 53.9 Å². The van der Waals surface area contributed by atoms with E-state index < -0.39 is 18.4 Å². The molecule has 1 aromatic carbocycles. The number of carbonyl (C=O) groups is 1. The van der Waals surface area contributed by atoms with Crippen LogP contribution >= 0.6 is 0 Å². The molecule has 0 aliphatic carbocycles. The van der Waals surface area contributed by atoms with Crippen LogP contribution in [0.25, 0.3) is 0 Å². The van der Waals surface area contributed by atoms with Crippen molar-refractivity contribution in [3.8, 4) is 0 Å². The number of halogens is 3. The third kappa shape index (κ3) is 3.75. The highest BCUT2D eigenvalue weighted by Gasteiger charge is 2.60. The predicted octanol–water partition coefficient (Wildman–Crippen LogP) is 3.27. The van der Waals surface area contributed by atoms with Crippen molar-refractivity contribution in [2.24, 2.45) is 5.16 Å². The second-order valence-electron chi connectivity index (χ2n) is 5.94. The van der Waals surface area contributed by atoms with Crippen LogP contribution in [-0.4, -0.2) is 33.5 Å². The van der Waals surface area contributed by atoms with Gasteiger partial charge in [0.2, 0.25) is 0 Å². The van der Waals surface area contributed by atoms with Crippen molar-refractivity contribution < 1.29 is 27.9 Å². The number of aryl methyl sites for hydroxylation is 1. The Balaban J connectivity index is 1.60. The van der Waals surface area contributed by atoms with Gasteiger partial charge in [-0.05, 0) is 29.7 Å². The second-order valence-corrected chi connectivity index (χ2v) is 5.94. The third-order valence-electron chi connectivity index (χ3n) is 4.09. The van der Waals surface area contributed by atoms with Gasteiger partial charge < -0.3 is 9.94 Å². The van der Waals surface area contributed by atoms with Crippen LogP contribution in [0, 0.1) is 0 Å². The zero-order valence-corrected chi connectivity index (χ0v) is 13.5. The molecule has 8 heteroatoms. The standard InChI is InChI=1S/C18H15F3N2O3/c19-18(20,21)17(25)11-15(23-26-17)13-4-1-12(2-5-13)3-6-16(24)14-7-9-22-10-8-14/h1-2,4-5,7-10,25H,3,6,11H2. The number of hydrogen-bond donors (Lipinski definition) is 1. The summed E-state index contributed by atoms with van der Waals surface area (Å²) in [6.45, 7) is 0. The van der Waals surface area contributed by atoms with E-state index in [0.29, 0.717) is 24.0 Å². The van der Waals surface area contributed by atoms with Crippen LogP contribution in [0.3, 0.4) is 0 Å². The highest BCUT2D eigenvalue weighted by atomic mass is 19.4. The highest BCUT2D eigenvalue weighted by molar-refractivity contribution is 6.01. The van der Waals surface area contributed by atoms with Crippen molar-refractivity contribution in [3.63, 3.8) is 0 Å². The molecule has 0 saturated carbocycles. The lowest BCUT2D eigenvalue weighted by Gasteiger charge is -2.22. The average molecular weight is 364 g/mol. The minimum Gasteiger partial charge on any atom is -0.350 e. The number of carbonyl (C=O) groups excluding carboxylic acids is 1. The quantitative estimate of drug-likeness (QED) is 0.827. The SMILES string of the molecule is O=C(CCc1ccc(C2=NOC(O)(C(F)(F)F)C2)cc1)c1ccncc1. The van der Waals surface area contributed by atoms with Crippen LogP contribution in [0.2, 0.25) is 0 Å². The molecule has 0 spiro atoms. The largest absolute Gasteiger partial charge is 0.458 e. The van der Waals surface area contributed by atoms with Crippen LogP contribution < -0.4 is 0 Å². The molecule has 26 heavy (non-hydrogen) atoms. The zero-order valence-electron chi connectivity index (χ0n) is 13.5. The highest BCUT2D eigenvalue weighted by Crippen LogP contribution is 2.38. The van der Waals surface area contributed by atoms with E-state index in [9.17, 15) is 23.1 Å². The summed E-state index contributed by atoms with van der Waals surface area (Å²) in [5.74, 6) is -3.29. The van der Waals surface area contributed by atoms with E-state index >= 15 is 0 Å². The summed E-state index contributed by atoms with van der Waals surface area (Å²) in [4.78, 5) is 20.1. The maximum atomic E-state index is 12.7. The van der Waals surface area contributed by atoms with Crippen LogP contribution in [0.5, 0.6) is 0 Å². The molecule has 0 radical (unpaired) electrons. The average Bonchev–Trinajstić information content (AvgIpc) is 3.04. The summed E-state index contributed by atoms with van der Waals surface area (Å²) < 4.78 is 38.2. The van der Waals surface area contributed by atoms with Crippen molar-refractivity contribution in [2.75, 3.05) is 0 Å². The van der Waals surface area contributed by atoms with Gasteiger partial charge >= 0.3 is 12.0 Å². The normalized spacial score (nSPS) is 19.8. The smallest absolute Gasteiger partial charge is 0.350 e. The van der Waals surface area contributed by atoms with Crippen LogP contribution in [0.1, 0.15) is 34.3 Å². The fraction of sp³-hybridized carbons (Fsp3) is 0.278. The van der Waals surface area contributed by atoms with E-state index in [-0.39, 0.29) is 11.5 Å². The van der Waals surface area contributed by atoms with Gasteiger partial charge in [0.1, 0.15) is 0 Å². The van der Waals surface area contributed by atoms with Crippen molar-refractivity contribution in [1.82, 2.24) is 4.98 Å². The topological polar surface area (TPSA) is 71.8 Å². The molecule has 1 atom stereocenters. The number of Topliss-reactive ketones (excluding diaryl/α,β-unsaturated/α-hetero) is 1. The number of oxime groups is 1. The second kappa shape index (κ2) is 6.87. The Kier molecular flexibility index (Phi) is 4.78. The first-order valence-corrected chi connectivity index (χ1v) is 7.85. The van der Waals surface area contributed by atoms with Crippen LogP contribution in [-0.2, 0) is 11.3 Å². The molecule has 1 aromatic heterocycles. The first-order valence-electron chi connectivity index (χ1n) is 7.85. The number of aliphatic hydroxyl groups is 1. The molecule has 1 unspecified atom stereocenters. The van der Waals surface area contributed by atoms with E-state index in [1.165, 1.54) is 0 Å². The van der Waals surface area contributed by atoms with Crippen LogP contribution in [0.4, 0.5) is 13.2 Å². The lowest BCUT2D eigenvalue weighted by atomic mass is 9.99. The first-order chi connectivity index (χ1) is 12.3. The number of pyridine rings is 1. The van der Waals surface area contributed by atoms with Gasteiger partial charge in [0.15, 0.2) is 5.78 Å². The number of aromatic nitrogens is 1. The molecule has 0 fully saturated rings. The van der Waals surface area contributed by atoms with E-state index in [0.717, 1.165) is 5.56 Å². The zero-order chi connectivity index (χ0) is 18.8. The van der Waals surface area contributed by atoms with Gasteiger partial charge in [-0.15, -0.1) is 0 Å². The summed E-state index contributed by atoms with van der Waals surface area (Å²) in [5, 5.41) is 12.8. The van der Waals surface area contributed by atoms with Gasteiger partial charge in [-0.25, -0.2) is 0 Å². The molecule has 0 bridgehead atoms. The third-order valence-corrected chi connectivity index (χ3v) is 4.09. The first kappa shape index (κ1) is 18.1. The molecule has 5 nitrogen and oxygen atoms in total. The summed E-state index contributed by atoms with van der Waals surface area (Å²) in [6.07, 6.45) is -1.79. The van der Waals surface area contributed by atoms with Gasteiger partial charge in [-0.1, -0.05) is 29.4 Å². The van der Waals surface area contributed by atoms with Gasteiger partial charge in [0.05, 0.1) is 12.1 Å². The molecule has 0 amide bonds. The number of hydrogen-bond acceptors (Lipinski definition) is 5. The minimum atomic E-state index is -4.93. The Bertz CT molecular complexity index is 820. The van der Waals surface area contributed by atoms with Gasteiger partial charge in [0, 0.05) is 24.4 Å². The van der Waals surface area contributed by atoms with E-state index in [2.05, 4.69) is 15.0 Å². The predicted molar refractivity (Wildman–Crippen MR) is 86.6 cm³/mol. The van der Waals surface area contributed by atoms with Gasteiger partial charge in [-0.3, -0.25) is 9.78 Å². The fourth-order valence-electron chi connectivity index (χ4n) is 2.53. The molecule has 2 heterocycles. The number of ketones is 1.